The fourth-order valence-electron chi connectivity index (χ4n) is 1.89. The third kappa shape index (κ3) is 5.70. The Hall–Kier alpha value is -1.62. The maximum absolute atomic E-state index is 12.0. The van der Waals surface area contributed by atoms with Crippen LogP contribution in [-0.4, -0.2) is 16.9 Å². The molecule has 0 aliphatic carbocycles. The predicted molar refractivity (Wildman–Crippen MR) is 77.7 cm³/mol. The van der Waals surface area contributed by atoms with E-state index in [1.807, 2.05) is 6.92 Å². The average Bonchev–Trinajstić information content (AvgIpc) is 2.43. The maximum atomic E-state index is 12.0. The molecule has 0 saturated carbocycles. The van der Waals surface area contributed by atoms with Crippen molar-refractivity contribution in [3.63, 3.8) is 0 Å². The lowest BCUT2D eigenvalue weighted by Gasteiger charge is -2.13. The van der Waals surface area contributed by atoms with E-state index in [0.717, 1.165) is 12.8 Å². The van der Waals surface area contributed by atoms with Gasteiger partial charge in [0.05, 0.1) is 5.69 Å². The van der Waals surface area contributed by atoms with Crippen LogP contribution in [0.25, 0.3) is 0 Å². The van der Waals surface area contributed by atoms with E-state index in [2.05, 4.69) is 22.7 Å². The number of pyridine rings is 1. The van der Waals surface area contributed by atoms with Gasteiger partial charge in [-0.2, -0.15) is 0 Å². The second-order valence-corrected chi connectivity index (χ2v) is 4.80. The quantitative estimate of drug-likeness (QED) is 0.383. The van der Waals surface area contributed by atoms with Crippen LogP contribution in [0.5, 0.6) is 0 Å². The first-order valence-corrected chi connectivity index (χ1v) is 6.91. The molecule has 106 valence electrons. The van der Waals surface area contributed by atoms with Crippen LogP contribution in [0, 0.1) is 0 Å². The highest BCUT2D eigenvalue weighted by molar-refractivity contribution is 5.93. The summed E-state index contributed by atoms with van der Waals surface area (Å²) in [6.45, 7) is 4.21. The van der Waals surface area contributed by atoms with Gasteiger partial charge in [0.25, 0.3) is 5.91 Å². The van der Waals surface area contributed by atoms with Crippen molar-refractivity contribution in [3.8, 4) is 0 Å². The number of aromatic nitrogens is 1. The molecular formula is C14H24N4O. The lowest BCUT2D eigenvalue weighted by Crippen LogP contribution is -2.33. The largest absolute Gasteiger partial charge is 0.348 e. The van der Waals surface area contributed by atoms with E-state index in [1.54, 1.807) is 18.3 Å². The number of hydrazine groups is 1. The molecule has 1 rings (SSSR count). The van der Waals surface area contributed by atoms with E-state index in [-0.39, 0.29) is 11.9 Å². The van der Waals surface area contributed by atoms with E-state index in [9.17, 15) is 4.79 Å². The summed E-state index contributed by atoms with van der Waals surface area (Å²) in [7, 11) is 0. The highest BCUT2D eigenvalue weighted by Gasteiger charge is 2.11. The van der Waals surface area contributed by atoms with Gasteiger partial charge in [0.2, 0.25) is 0 Å². The monoisotopic (exact) mass is 264 g/mol. The molecule has 0 saturated heterocycles. The van der Waals surface area contributed by atoms with Gasteiger partial charge in [-0.3, -0.25) is 15.6 Å². The van der Waals surface area contributed by atoms with E-state index < -0.39 is 0 Å². The summed E-state index contributed by atoms with van der Waals surface area (Å²) in [6, 6.07) is 3.52. The summed E-state index contributed by atoms with van der Waals surface area (Å²) < 4.78 is 0. The van der Waals surface area contributed by atoms with Gasteiger partial charge in [0, 0.05) is 12.2 Å². The molecule has 0 radical (unpaired) electrons. The van der Waals surface area contributed by atoms with Crippen molar-refractivity contribution in [1.29, 1.82) is 0 Å². The van der Waals surface area contributed by atoms with Crippen LogP contribution in [-0.2, 0) is 0 Å². The van der Waals surface area contributed by atoms with Crippen molar-refractivity contribution in [3.05, 3.63) is 24.0 Å². The lowest BCUT2D eigenvalue weighted by atomic mass is 10.1. The summed E-state index contributed by atoms with van der Waals surface area (Å²) in [6.07, 6.45) is 7.42. The number of amides is 1. The summed E-state index contributed by atoms with van der Waals surface area (Å²) in [5, 5.41) is 2.95. The second-order valence-electron chi connectivity index (χ2n) is 4.80. The van der Waals surface area contributed by atoms with Gasteiger partial charge in [0.15, 0.2) is 0 Å². The van der Waals surface area contributed by atoms with Gasteiger partial charge < -0.3 is 10.7 Å². The van der Waals surface area contributed by atoms with Crippen LogP contribution in [0.2, 0.25) is 0 Å². The molecule has 0 aliphatic heterocycles. The van der Waals surface area contributed by atoms with Crippen molar-refractivity contribution < 1.29 is 4.79 Å². The summed E-state index contributed by atoms with van der Waals surface area (Å²) in [4.78, 5) is 16.0. The molecule has 0 fully saturated rings. The lowest BCUT2D eigenvalue weighted by molar-refractivity contribution is 0.0933. The first-order valence-electron chi connectivity index (χ1n) is 6.91. The van der Waals surface area contributed by atoms with E-state index >= 15 is 0 Å². The molecule has 0 aliphatic rings. The number of carbonyl (C=O) groups is 1. The van der Waals surface area contributed by atoms with Crippen molar-refractivity contribution in [2.75, 3.05) is 5.43 Å². The molecule has 1 unspecified atom stereocenters. The molecule has 1 atom stereocenters. The number of rotatable bonds is 8. The number of nitrogens with zero attached hydrogens (tertiary/aromatic N) is 1. The highest BCUT2D eigenvalue weighted by Crippen LogP contribution is 2.08. The Morgan fingerprint density at radius 1 is 1.42 bits per heavy atom. The Morgan fingerprint density at radius 3 is 2.89 bits per heavy atom. The summed E-state index contributed by atoms with van der Waals surface area (Å²) >= 11 is 0. The van der Waals surface area contributed by atoms with Crippen molar-refractivity contribution in [2.45, 2.75) is 52.0 Å². The Bertz CT molecular complexity index is 395. The number of nitrogen functional groups attached to an aromatic ring is 1. The minimum absolute atomic E-state index is 0.153. The number of carbonyl (C=O) groups excluding carboxylic acids is 1. The van der Waals surface area contributed by atoms with E-state index in [1.165, 1.54) is 19.3 Å². The Morgan fingerprint density at radius 2 is 2.21 bits per heavy atom. The Labute approximate surface area is 115 Å². The fraction of sp³-hybridized carbons (Fsp3) is 0.571. The molecule has 1 amide bonds. The van der Waals surface area contributed by atoms with Crippen molar-refractivity contribution >= 4 is 11.6 Å². The van der Waals surface area contributed by atoms with Crippen LogP contribution in [0.15, 0.2) is 18.3 Å². The van der Waals surface area contributed by atoms with Crippen molar-refractivity contribution in [2.24, 2.45) is 5.84 Å². The topological polar surface area (TPSA) is 80.0 Å². The highest BCUT2D eigenvalue weighted by atomic mass is 16.1. The van der Waals surface area contributed by atoms with Gasteiger partial charge in [0.1, 0.15) is 5.69 Å². The molecule has 4 N–H and O–H groups in total. The van der Waals surface area contributed by atoms with Gasteiger partial charge in [-0.05, 0) is 25.5 Å². The minimum atomic E-state index is -0.153. The fourth-order valence-corrected chi connectivity index (χ4v) is 1.89. The van der Waals surface area contributed by atoms with E-state index in [0.29, 0.717) is 11.4 Å². The molecule has 5 heteroatoms. The van der Waals surface area contributed by atoms with Crippen LogP contribution >= 0.6 is 0 Å². The minimum Gasteiger partial charge on any atom is -0.348 e. The number of nitrogens with one attached hydrogen (secondary N) is 2. The van der Waals surface area contributed by atoms with Crippen molar-refractivity contribution in [1.82, 2.24) is 10.3 Å². The van der Waals surface area contributed by atoms with Gasteiger partial charge in [-0.25, -0.2) is 0 Å². The molecule has 5 nitrogen and oxygen atoms in total. The first kappa shape index (κ1) is 15.4. The maximum Gasteiger partial charge on any atom is 0.270 e. The second kappa shape index (κ2) is 8.48. The molecular weight excluding hydrogens is 240 g/mol. The molecule has 0 spiro atoms. The van der Waals surface area contributed by atoms with Gasteiger partial charge >= 0.3 is 0 Å². The summed E-state index contributed by atoms with van der Waals surface area (Å²) in [5.74, 6) is 5.15. The number of anilines is 1. The average molecular weight is 264 g/mol. The zero-order valence-corrected chi connectivity index (χ0v) is 11.8. The molecule has 19 heavy (non-hydrogen) atoms. The molecule has 0 aromatic carbocycles. The Balaban J connectivity index is 2.40. The number of hydrogen-bond acceptors (Lipinski definition) is 4. The summed E-state index contributed by atoms with van der Waals surface area (Å²) in [5.41, 5.74) is 3.57. The third-order valence-corrected chi connectivity index (χ3v) is 3.03. The zero-order valence-electron chi connectivity index (χ0n) is 11.8. The molecule has 1 heterocycles. The normalized spacial score (nSPS) is 11.9. The zero-order chi connectivity index (χ0) is 14.1. The van der Waals surface area contributed by atoms with E-state index in [4.69, 9.17) is 5.84 Å². The number of unbranched alkanes of at least 4 members (excludes halogenated alkanes) is 3. The number of nitrogens with two attached hydrogens (primary N) is 1. The molecule has 1 aromatic rings. The van der Waals surface area contributed by atoms with Gasteiger partial charge in [-0.1, -0.05) is 32.6 Å². The van der Waals surface area contributed by atoms with Crippen LogP contribution in [0.4, 0.5) is 5.69 Å². The van der Waals surface area contributed by atoms with Gasteiger partial charge in [-0.15, -0.1) is 0 Å². The smallest absolute Gasteiger partial charge is 0.270 e. The van der Waals surface area contributed by atoms with Crippen LogP contribution in [0.3, 0.4) is 0 Å². The molecule has 1 aromatic heterocycles. The van der Waals surface area contributed by atoms with Crippen LogP contribution < -0.4 is 16.6 Å². The SMILES string of the molecule is CCCCCCC(C)NC(=O)c1cc(NN)ccn1. The van der Waals surface area contributed by atoms with Crippen LogP contribution in [0.1, 0.15) is 56.4 Å². The predicted octanol–water partition coefficient (Wildman–Crippen LogP) is 2.46. The first-order chi connectivity index (χ1) is 9.17. The molecule has 0 bridgehead atoms. The number of hydrogen-bond donors (Lipinski definition) is 3. The Kier molecular flexibility index (Phi) is 6.89. The standard InChI is InChI=1S/C14H24N4O/c1-3-4-5-6-7-11(2)17-14(19)13-10-12(18-15)8-9-16-13/h8-11H,3-7,15H2,1-2H3,(H,16,18)(H,17,19). The third-order valence-electron chi connectivity index (χ3n) is 3.03.